The number of hydrogen-bond donors (Lipinski definition) is 1. The van der Waals surface area contributed by atoms with Crippen LogP contribution in [0.5, 0.6) is 0 Å². The highest BCUT2D eigenvalue weighted by atomic mass is 32.5. The maximum atomic E-state index is 14.3. The first-order valence-electron chi connectivity index (χ1n) is 15.2. The third kappa shape index (κ3) is 8.64. The highest BCUT2D eigenvalue weighted by Gasteiger charge is 2.65. The second-order valence-corrected chi connectivity index (χ2v) is 15.4. The fourth-order valence-electron chi connectivity index (χ4n) is 5.81. The predicted molar refractivity (Wildman–Crippen MR) is 167 cm³/mol. The molecule has 1 aromatic carbocycles. The number of benzene rings is 1. The quantitative estimate of drug-likeness (QED) is 0.244. The van der Waals surface area contributed by atoms with E-state index in [0.29, 0.717) is 25.1 Å². The molecule has 4 rings (SSSR count). The molecule has 0 saturated carbocycles. The molecule has 2 aromatic rings. The molecule has 11 nitrogen and oxygen atoms in total. The molecule has 3 amide bonds. The van der Waals surface area contributed by atoms with Gasteiger partial charge in [-0.1, -0.05) is 25.5 Å². The van der Waals surface area contributed by atoms with E-state index < -0.39 is 62.9 Å². The number of nitrogens with one attached hydrogen (secondary N) is 1. The molecule has 17 heteroatoms. The smallest absolute Gasteiger partial charge is 0.410 e. The van der Waals surface area contributed by atoms with Crippen LogP contribution in [0.1, 0.15) is 52.1 Å². The Kier molecular flexibility index (Phi) is 9.70. The summed E-state index contributed by atoms with van der Waals surface area (Å²) in [5.41, 5.74) is -0.835. The first kappa shape index (κ1) is 36.7. The van der Waals surface area contributed by atoms with Gasteiger partial charge >= 0.3 is 16.3 Å². The van der Waals surface area contributed by atoms with Crippen LogP contribution in [0, 0.1) is 17.4 Å². The number of amides is 3. The number of carbonyl (C=O) groups is 3. The Hall–Kier alpha value is -4.17. The van der Waals surface area contributed by atoms with Crippen LogP contribution in [0.2, 0.25) is 0 Å². The molecule has 0 aliphatic carbocycles. The minimum absolute atomic E-state index is 0.0172. The van der Waals surface area contributed by atoms with Gasteiger partial charge in [0, 0.05) is 56.3 Å². The molecule has 2 aliphatic heterocycles. The number of hydrogen-bond acceptors (Lipinski definition) is 8. The zero-order valence-corrected chi connectivity index (χ0v) is 27.9. The van der Waals surface area contributed by atoms with Crippen molar-refractivity contribution in [3.05, 3.63) is 54.4 Å². The van der Waals surface area contributed by atoms with Crippen LogP contribution >= 0.6 is 10.2 Å². The maximum Gasteiger partial charge on any atom is 0.410 e. The lowest BCUT2D eigenvalue weighted by Gasteiger charge is -2.41. The predicted octanol–water partition coefficient (Wildman–Crippen LogP) is 6.15. The van der Waals surface area contributed by atoms with Crippen molar-refractivity contribution in [1.82, 2.24) is 20.1 Å². The zero-order valence-electron chi connectivity index (χ0n) is 27.1. The van der Waals surface area contributed by atoms with Crippen molar-refractivity contribution in [1.29, 1.82) is 5.26 Å². The minimum Gasteiger partial charge on any atom is -0.444 e. The van der Waals surface area contributed by atoms with Crippen molar-refractivity contribution in [2.75, 3.05) is 31.6 Å². The van der Waals surface area contributed by atoms with Crippen LogP contribution in [0.4, 0.5) is 29.9 Å². The molecule has 0 spiro atoms. The molecular formula is C31H39F5N6O5S. The summed E-state index contributed by atoms with van der Waals surface area (Å²) in [6.07, 6.45) is 4.12. The Balaban J connectivity index is 1.72. The van der Waals surface area contributed by atoms with E-state index in [-0.39, 0.29) is 48.8 Å². The second-order valence-electron chi connectivity index (χ2n) is 13.0. The number of aromatic nitrogens is 1. The van der Waals surface area contributed by atoms with Crippen LogP contribution in [0.3, 0.4) is 0 Å². The van der Waals surface area contributed by atoms with E-state index in [9.17, 15) is 39.1 Å². The second kappa shape index (κ2) is 12.7. The standard InChI is InChI=1S/C31H39F5N6O5S/c1-20(22-12-14-40(17-22)30(45)47-31(2,3)4)39-28(43)27(21-7-6-13-38-16-21)42(29(44)26-15-24(46-5)18-41(26)19-37)23-8-10-25(11-9-23)48(32,33,34,35)36/h6-11,13,16,20,22,24,26-27H,12,14-15,17-18H2,1-5H3,(H,39,43)/t20?,22?,24-,26-,27?/m1/s1. The van der Waals surface area contributed by atoms with E-state index in [4.69, 9.17) is 9.47 Å². The van der Waals surface area contributed by atoms with Gasteiger partial charge in [0.1, 0.15) is 22.6 Å². The van der Waals surface area contributed by atoms with Crippen LogP contribution in [-0.2, 0) is 19.1 Å². The van der Waals surface area contributed by atoms with Crippen molar-refractivity contribution in [3.8, 4) is 6.19 Å². The molecule has 0 bridgehead atoms. The van der Waals surface area contributed by atoms with E-state index in [1.807, 2.05) is 6.19 Å². The third-order valence-electron chi connectivity index (χ3n) is 8.27. The average Bonchev–Trinajstić information content (AvgIpc) is 3.66. The summed E-state index contributed by atoms with van der Waals surface area (Å²) in [5.74, 6) is -1.81. The van der Waals surface area contributed by atoms with Gasteiger partial charge in [-0.25, -0.2) is 4.79 Å². The number of pyridine rings is 1. The highest BCUT2D eigenvalue weighted by Crippen LogP contribution is 3.02. The summed E-state index contributed by atoms with van der Waals surface area (Å²) < 4.78 is 78.9. The third-order valence-corrected chi connectivity index (χ3v) is 9.43. The number of rotatable bonds is 9. The number of methoxy groups -OCH3 is 1. The van der Waals surface area contributed by atoms with E-state index in [1.165, 1.54) is 36.5 Å². The Morgan fingerprint density at radius 1 is 1.10 bits per heavy atom. The lowest BCUT2D eigenvalue weighted by molar-refractivity contribution is -0.128. The van der Waals surface area contributed by atoms with Crippen molar-refractivity contribution >= 4 is 33.8 Å². The van der Waals surface area contributed by atoms with Gasteiger partial charge in [-0.3, -0.25) is 24.4 Å². The van der Waals surface area contributed by atoms with Crippen molar-refractivity contribution in [2.45, 2.75) is 75.3 Å². The van der Waals surface area contributed by atoms with Crippen LogP contribution in [0.15, 0.2) is 53.7 Å². The van der Waals surface area contributed by atoms with Gasteiger partial charge in [0.15, 0.2) is 6.19 Å². The van der Waals surface area contributed by atoms with Gasteiger partial charge in [-0.15, -0.1) is 0 Å². The fraction of sp³-hybridized carbons (Fsp3) is 0.516. The van der Waals surface area contributed by atoms with Crippen molar-refractivity contribution in [3.63, 3.8) is 0 Å². The lowest BCUT2D eigenvalue weighted by Crippen LogP contribution is -2.52. The normalized spacial score (nSPS) is 22.6. The number of carbonyl (C=O) groups excluding carboxylic acids is 3. The van der Waals surface area contributed by atoms with Crippen molar-refractivity contribution < 1.29 is 43.3 Å². The first-order valence-corrected chi connectivity index (χ1v) is 17.1. The van der Waals surface area contributed by atoms with E-state index in [1.54, 1.807) is 27.7 Å². The van der Waals surface area contributed by atoms with Crippen LogP contribution in [-0.4, -0.2) is 83.2 Å². The topological polar surface area (TPSA) is 128 Å². The summed E-state index contributed by atoms with van der Waals surface area (Å²) in [6.45, 7) is 7.63. The summed E-state index contributed by atoms with van der Waals surface area (Å²) >= 11 is 0. The molecule has 2 aliphatic rings. The molecule has 264 valence electrons. The molecule has 48 heavy (non-hydrogen) atoms. The molecule has 3 heterocycles. The Morgan fingerprint density at radius 3 is 2.31 bits per heavy atom. The average molecular weight is 703 g/mol. The van der Waals surface area contributed by atoms with Gasteiger partial charge < -0.3 is 19.7 Å². The number of ether oxygens (including phenoxy) is 2. The van der Waals surface area contributed by atoms with Gasteiger partial charge in [0.05, 0.1) is 12.6 Å². The molecule has 5 atom stereocenters. The number of nitriles is 1. The monoisotopic (exact) mass is 702 g/mol. The van der Waals surface area contributed by atoms with Gasteiger partial charge in [-0.2, -0.15) is 5.26 Å². The highest BCUT2D eigenvalue weighted by molar-refractivity contribution is 8.45. The van der Waals surface area contributed by atoms with Gasteiger partial charge in [-0.05, 0) is 70.4 Å². The van der Waals surface area contributed by atoms with E-state index in [0.717, 1.165) is 9.80 Å². The number of anilines is 1. The summed E-state index contributed by atoms with van der Waals surface area (Å²) in [7, 11) is -8.68. The Labute approximate surface area is 275 Å². The zero-order chi connectivity index (χ0) is 35.7. The minimum atomic E-state index is -10.1. The van der Waals surface area contributed by atoms with Crippen molar-refractivity contribution in [2.24, 2.45) is 5.92 Å². The number of halogens is 5. The summed E-state index contributed by atoms with van der Waals surface area (Å²) in [5, 5.41) is 12.7. The van der Waals surface area contributed by atoms with E-state index in [2.05, 4.69) is 10.3 Å². The van der Waals surface area contributed by atoms with Gasteiger partial charge in [0.2, 0.25) is 5.91 Å². The summed E-state index contributed by atoms with van der Waals surface area (Å²) in [6, 6.07) is 1.40. The summed E-state index contributed by atoms with van der Waals surface area (Å²) in [4.78, 5) is 46.6. The Bertz CT molecular complexity index is 1550. The lowest BCUT2D eigenvalue weighted by atomic mass is 9.98. The first-order chi connectivity index (χ1) is 22.1. The largest absolute Gasteiger partial charge is 0.444 e. The van der Waals surface area contributed by atoms with Gasteiger partial charge in [0.25, 0.3) is 5.91 Å². The van der Waals surface area contributed by atoms with Crippen LogP contribution < -0.4 is 10.2 Å². The molecule has 2 saturated heterocycles. The molecule has 0 radical (unpaired) electrons. The number of likely N-dealkylation sites (tertiary alicyclic amines) is 2. The molecule has 1 aromatic heterocycles. The maximum absolute atomic E-state index is 14.3. The molecule has 1 N–H and O–H groups in total. The van der Waals surface area contributed by atoms with Crippen LogP contribution in [0.25, 0.3) is 0 Å². The molecular weight excluding hydrogens is 663 g/mol. The van der Waals surface area contributed by atoms with E-state index >= 15 is 0 Å². The molecule has 2 fully saturated rings. The molecule has 3 unspecified atom stereocenters. The fourth-order valence-corrected chi connectivity index (χ4v) is 6.46. The SMILES string of the molecule is CO[C@@H]1C[C@H](C(=O)N(c2ccc(S(F)(F)(F)(F)F)cc2)C(C(=O)NC(C)C2CCN(C(=O)OC(C)(C)C)C2)c2cccnc2)N(C#N)C1. The Morgan fingerprint density at radius 2 is 1.77 bits per heavy atom. The number of nitrogens with zero attached hydrogens (tertiary/aromatic N) is 5.